The van der Waals surface area contributed by atoms with Gasteiger partial charge < -0.3 is 4.74 Å². The van der Waals surface area contributed by atoms with Gasteiger partial charge in [0.15, 0.2) is 0 Å². The SMILES string of the molecule is N#Cc1ccccc1CS(=O)(=O)N1CCCOCC1. The molecule has 0 atom stereocenters. The Labute approximate surface area is 113 Å². The number of rotatable bonds is 3. The van der Waals surface area contributed by atoms with Crippen LogP contribution in [0.2, 0.25) is 0 Å². The lowest BCUT2D eigenvalue weighted by Crippen LogP contribution is -2.34. The fourth-order valence-corrected chi connectivity index (χ4v) is 3.63. The first-order chi connectivity index (χ1) is 9.13. The molecule has 0 saturated carbocycles. The molecule has 1 saturated heterocycles. The summed E-state index contributed by atoms with van der Waals surface area (Å²) in [4.78, 5) is 0. The van der Waals surface area contributed by atoms with Crippen molar-refractivity contribution in [1.29, 1.82) is 5.26 Å². The molecule has 0 bridgehead atoms. The third-order valence-electron chi connectivity index (χ3n) is 3.05. The van der Waals surface area contributed by atoms with E-state index in [0.717, 1.165) is 0 Å². The van der Waals surface area contributed by atoms with Gasteiger partial charge in [-0.15, -0.1) is 0 Å². The van der Waals surface area contributed by atoms with E-state index < -0.39 is 10.0 Å². The van der Waals surface area contributed by atoms with Crippen LogP contribution >= 0.6 is 0 Å². The van der Waals surface area contributed by atoms with Crippen molar-refractivity contribution in [1.82, 2.24) is 4.31 Å². The van der Waals surface area contributed by atoms with Crippen LogP contribution < -0.4 is 0 Å². The Morgan fingerprint density at radius 3 is 2.84 bits per heavy atom. The van der Waals surface area contributed by atoms with Crippen LogP contribution in [0.25, 0.3) is 0 Å². The fourth-order valence-electron chi connectivity index (χ4n) is 2.04. The number of hydrogen-bond acceptors (Lipinski definition) is 4. The van der Waals surface area contributed by atoms with Gasteiger partial charge in [-0.1, -0.05) is 18.2 Å². The minimum Gasteiger partial charge on any atom is -0.380 e. The molecule has 0 aromatic heterocycles. The predicted molar refractivity (Wildman–Crippen MR) is 70.8 cm³/mol. The quantitative estimate of drug-likeness (QED) is 0.831. The number of hydrogen-bond donors (Lipinski definition) is 0. The van der Waals surface area contributed by atoms with Crippen molar-refractivity contribution >= 4 is 10.0 Å². The van der Waals surface area contributed by atoms with E-state index in [9.17, 15) is 8.42 Å². The normalized spacial score (nSPS) is 17.6. The van der Waals surface area contributed by atoms with Crippen LogP contribution in [-0.4, -0.2) is 39.0 Å². The first-order valence-corrected chi connectivity index (χ1v) is 7.78. The number of nitriles is 1. The first kappa shape index (κ1) is 14.0. The van der Waals surface area contributed by atoms with E-state index in [1.54, 1.807) is 24.3 Å². The highest BCUT2D eigenvalue weighted by molar-refractivity contribution is 7.88. The highest BCUT2D eigenvalue weighted by atomic mass is 32.2. The van der Waals surface area contributed by atoms with Crippen LogP contribution in [0.4, 0.5) is 0 Å². The average Bonchev–Trinajstić information content (AvgIpc) is 2.68. The molecule has 0 aliphatic carbocycles. The molecule has 0 radical (unpaired) electrons. The van der Waals surface area contributed by atoms with Crippen LogP contribution in [-0.2, 0) is 20.5 Å². The van der Waals surface area contributed by atoms with E-state index in [0.29, 0.717) is 43.9 Å². The van der Waals surface area contributed by atoms with Gasteiger partial charge in [0, 0.05) is 19.7 Å². The molecular formula is C13H16N2O3S. The molecule has 1 aliphatic heterocycles. The monoisotopic (exact) mass is 280 g/mol. The molecule has 5 nitrogen and oxygen atoms in total. The molecule has 1 heterocycles. The zero-order valence-corrected chi connectivity index (χ0v) is 11.4. The van der Waals surface area contributed by atoms with Gasteiger partial charge in [-0.3, -0.25) is 0 Å². The standard InChI is InChI=1S/C13H16N2O3S/c14-10-12-4-1-2-5-13(12)11-19(16,17)15-6-3-8-18-9-7-15/h1-2,4-5H,3,6-9,11H2. The molecule has 1 aromatic rings. The zero-order chi connectivity index (χ0) is 13.7. The predicted octanol–water partition coefficient (Wildman–Crippen LogP) is 1.11. The van der Waals surface area contributed by atoms with E-state index in [4.69, 9.17) is 10.00 Å². The number of sulfonamides is 1. The summed E-state index contributed by atoms with van der Waals surface area (Å²) in [6.45, 7) is 1.90. The van der Waals surface area contributed by atoms with Crippen molar-refractivity contribution in [3.63, 3.8) is 0 Å². The topological polar surface area (TPSA) is 70.4 Å². The Bertz CT molecular complexity index is 570. The summed E-state index contributed by atoms with van der Waals surface area (Å²) in [5.74, 6) is -0.128. The van der Waals surface area contributed by atoms with Crippen molar-refractivity contribution in [2.45, 2.75) is 12.2 Å². The average molecular weight is 280 g/mol. The molecule has 102 valence electrons. The van der Waals surface area contributed by atoms with Crippen molar-refractivity contribution in [2.24, 2.45) is 0 Å². The molecule has 6 heteroatoms. The second-order valence-corrected chi connectivity index (χ2v) is 6.36. The second-order valence-electron chi connectivity index (χ2n) is 4.39. The molecule has 1 fully saturated rings. The van der Waals surface area contributed by atoms with Gasteiger partial charge in [-0.25, -0.2) is 8.42 Å². The molecule has 0 unspecified atom stereocenters. The van der Waals surface area contributed by atoms with Gasteiger partial charge in [-0.2, -0.15) is 9.57 Å². The number of ether oxygens (including phenoxy) is 1. The highest BCUT2D eigenvalue weighted by Crippen LogP contribution is 2.16. The molecule has 1 aliphatic rings. The minimum atomic E-state index is -3.39. The maximum atomic E-state index is 12.3. The van der Waals surface area contributed by atoms with Crippen LogP contribution in [0.5, 0.6) is 0 Å². The van der Waals surface area contributed by atoms with Crippen LogP contribution in [0.3, 0.4) is 0 Å². The van der Waals surface area contributed by atoms with E-state index in [2.05, 4.69) is 0 Å². The Morgan fingerprint density at radius 2 is 2.05 bits per heavy atom. The van der Waals surface area contributed by atoms with Crippen LogP contribution in [0, 0.1) is 11.3 Å². The Kier molecular flexibility index (Phi) is 4.53. The maximum Gasteiger partial charge on any atom is 0.218 e. The van der Waals surface area contributed by atoms with E-state index >= 15 is 0 Å². The minimum absolute atomic E-state index is 0.128. The molecule has 0 amide bonds. The lowest BCUT2D eigenvalue weighted by molar-refractivity contribution is 0.148. The van der Waals surface area contributed by atoms with Crippen LogP contribution in [0.15, 0.2) is 24.3 Å². The van der Waals surface area contributed by atoms with Gasteiger partial charge in [-0.05, 0) is 18.1 Å². The van der Waals surface area contributed by atoms with Gasteiger partial charge >= 0.3 is 0 Å². The van der Waals surface area contributed by atoms with Crippen LogP contribution in [0.1, 0.15) is 17.5 Å². The second kappa shape index (κ2) is 6.15. The van der Waals surface area contributed by atoms with Gasteiger partial charge in [0.1, 0.15) is 0 Å². The smallest absolute Gasteiger partial charge is 0.218 e. The lowest BCUT2D eigenvalue weighted by atomic mass is 10.1. The Hall–Kier alpha value is -1.42. The summed E-state index contributed by atoms with van der Waals surface area (Å²) in [5.41, 5.74) is 0.965. The van der Waals surface area contributed by atoms with E-state index in [1.165, 1.54) is 4.31 Å². The molecule has 1 aromatic carbocycles. The lowest BCUT2D eigenvalue weighted by Gasteiger charge is -2.19. The molecule has 0 N–H and O–H groups in total. The van der Waals surface area contributed by atoms with Crippen molar-refractivity contribution in [3.8, 4) is 6.07 Å². The van der Waals surface area contributed by atoms with Crippen molar-refractivity contribution in [2.75, 3.05) is 26.3 Å². The van der Waals surface area contributed by atoms with Crippen molar-refractivity contribution < 1.29 is 13.2 Å². The van der Waals surface area contributed by atoms with Gasteiger partial charge in [0.25, 0.3) is 0 Å². The summed E-state index contributed by atoms with van der Waals surface area (Å²) in [6, 6.07) is 8.82. The summed E-state index contributed by atoms with van der Waals surface area (Å²) >= 11 is 0. The van der Waals surface area contributed by atoms with Gasteiger partial charge in [0.2, 0.25) is 10.0 Å². The Morgan fingerprint density at radius 1 is 1.26 bits per heavy atom. The molecular weight excluding hydrogens is 264 g/mol. The largest absolute Gasteiger partial charge is 0.380 e. The first-order valence-electron chi connectivity index (χ1n) is 6.17. The zero-order valence-electron chi connectivity index (χ0n) is 10.6. The van der Waals surface area contributed by atoms with E-state index in [1.807, 2.05) is 6.07 Å². The molecule has 19 heavy (non-hydrogen) atoms. The number of nitrogens with zero attached hydrogens (tertiary/aromatic N) is 2. The number of benzene rings is 1. The summed E-state index contributed by atoms with van der Waals surface area (Å²) in [5, 5.41) is 8.99. The highest BCUT2D eigenvalue weighted by Gasteiger charge is 2.24. The van der Waals surface area contributed by atoms with Crippen molar-refractivity contribution in [3.05, 3.63) is 35.4 Å². The summed E-state index contributed by atoms with van der Waals surface area (Å²) in [7, 11) is -3.39. The fraction of sp³-hybridized carbons (Fsp3) is 0.462. The van der Waals surface area contributed by atoms with Gasteiger partial charge in [0.05, 0.1) is 24.0 Å². The summed E-state index contributed by atoms with van der Waals surface area (Å²) < 4.78 is 31.4. The molecule has 0 spiro atoms. The third kappa shape index (κ3) is 3.53. The maximum absolute atomic E-state index is 12.3. The Balaban J connectivity index is 2.18. The molecule has 2 rings (SSSR count). The van der Waals surface area contributed by atoms with E-state index in [-0.39, 0.29) is 5.75 Å². The third-order valence-corrected chi connectivity index (χ3v) is 4.88. The summed E-state index contributed by atoms with van der Waals surface area (Å²) in [6.07, 6.45) is 0.707.